The first-order chi connectivity index (χ1) is 16.0. The molecule has 1 aromatic carbocycles. The van der Waals surface area contributed by atoms with Crippen molar-refractivity contribution in [2.75, 3.05) is 32.6 Å². The number of nitrogens with zero attached hydrogens (tertiary/aromatic N) is 4. The molecule has 1 saturated heterocycles. The minimum absolute atomic E-state index is 0.0621. The Morgan fingerprint density at radius 3 is 2.91 bits per heavy atom. The van der Waals surface area contributed by atoms with Crippen molar-refractivity contribution < 1.29 is 9.53 Å². The number of hydrogen-bond donors (Lipinski definition) is 2. The molecule has 1 aliphatic carbocycles. The van der Waals surface area contributed by atoms with Crippen LogP contribution in [0.2, 0.25) is 0 Å². The fourth-order valence-corrected chi connectivity index (χ4v) is 5.13. The normalized spacial score (nSPS) is 20.8. The van der Waals surface area contributed by atoms with Crippen molar-refractivity contribution in [1.82, 2.24) is 24.9 Å². The maximum Gasteiger partial charge on any atom is 0.276 e. The van der Waals surface area contributed by atoms with Gasteiger partial charge >= 0.3 is 0 Å². The van der Waals surface area contributed by atoms with Gasteiger partial charge in [-0.3, -0.25) is 14.6 Å². The van der Waals surface area contributed by atoms with E-state index in [2.05, 4.69) is 51.7 Å². The number of nitrogens with one attached hydrogen (secondary N) is 2. The second-order valence-corrected chi connectivity index (χ2v) is 9.52. The third-order valence-electron chi connectivity index (χ3n) is 6.90. The number of aromatic nitrogens is 4. The molecule has 174 valence electrons. The highest BCUT2D eigenvalue weighted by Crippen LogP contribution is 2.38. The van der Waals surface area contributed by atoms with Crippen LogP contribution in [-0.4, -0.2) is 63.6 Å². The van der Waals surface area contributed by atoms with Crippen LogP contribution in [0.4, 0.5) is 5.69 Å². The van der Waals surface area contributed by atoms with E-state index in [4.69, 9.17) is 4.74 Å². The third kappa shape index (κ3) is 4.58. The highest BCUT2D eigenvalue weighted by Gasteiger charge is 2.40. The van der Waals surface area contributed by atoms with Crippen LogP contribution in [0, 0.1) is 0 Å². The lowest BCUT2D eigenvalue weighted by atomic mass is 9.81. The Balaban J connectivity index is 1.31. The molecular weight excluding hydrogens is 416 g/mol. The molecule has 1 amide bonds. The van der Waals surface area contributed by atoms with E-state index in [0.717, 1.165) is 62.9 Å². The first kappa shape index (κ1) is 21.9. The van der Waals surface area contributed by atoms with Crippen molar-refractivity contribution in [2.24, 2.45) is 0 Å². The highest BCUT2D eigenvalue weighted by atomic mass is 16.5. The largest absolute Gasteiger partial charge is 0.375 e. The molecule has 1 fully saturated rings. The molecule has 2 aliphatic rings. The van der Waals surface area contributed by atoms with Gasteiger partial charge in [0, 0.05) is 30.5 Å². The first-order valence-corrected chi connectivity index (χ1v) is 11.8. The van der Waals surface area contributed by atoms with Gasteiger partial charge in [0.1, 0.15) is 0 Å². The number of aromatic amines is 1. The number of fused-ring (bicyclic) bond motifs is 1. The number of benzene rings is 1. The molecule has 0 saturated carbocycles. The van der Waals surface area contributed by atoms with Crippen molar-refractivity contribution in [3.63, 3.8) is 0 Å². The van der Waals surface area contributed by atoms with Crippen molar-refractivity contribution >= 4 is 11.6 Å². The van der Waals surface area contributed by atoms with E-state index >= 15 is 0 Å². The fourth-order valence-electron chi connectivity index (χ4n) is 5.13. The van der Waals surface area contributed by atoms with Gasteiger partial charge in [0.25, 0.3) is 5.91 Å². The summed E-state index contributed by atoms with van der Waals surface area (Å²) in [7, 11) is 4.14. The van der Waals surface area contributed by atoms with E-state index in [1.807, 2.05) is 29.1 Å². The lowest BCUT2D eigenvalue weighted by Gasteiger charge is -2.32. The maximum atomic E-state index is 13.1. The zero-order chi connectivity index (χ0) is 22.8. The van der Waals surface area contributed by atoms with Gasteiger partial charge in [0.15, 0.2) is 5.69 Å². The Kier molecular flexibility index (Phi) is 6.03. The van der Waals surface area contributed by atoms with E-state index in [9.17, 15) is 4.79 Å². The summed E-state index contributed by atoms with van der Waals surface area (Å²) in [6, 6.07) is 10.5. The van der Waals surface area contributed by atoms with Crippen molar-refractivity contribution in [3.8, 4) is 0 Å². The van der Waals surface area contributed by atoms with E-state index in [0.29, 0.717) is 11.4 Å². The summed E-state index contributed by atoms with van der Waals surface area (Å²) < 4.78 is 7.98. The number of amides is 1. The predicted molar refractivity (Wildman–Crippen MR) is 126 cm³/mol. The Morgan fingerprint density at radius 2 is 2.15 bits per heavy atom. The SMILES string of the molecule is CN(C)CCC(c1ccccc1)n1cc(NC(=O)c2n[nH]c3c2CCC2(CCCO2)C3)cn1. The monoisotopic (exact) mass is 448 g/mol. The van der Waals surface area contributed by atoms with Gasteiger partial charge in [0.05, 0.1) is 23.5 Å². The van der Waals surface area contributed by atoms with Gasteiger partial charge in [-0.1, -0.05) is 30.3 Å². The van der Waals surface area contributed by atoms with Crippen LogP contribution in [0.1, 0.15) is 59.0 Å². The fraction of sp³-hybridized carbons (Fsp3) is 0.480. The average molecular weight is 449 g/mol. The lowest BCUT2D eigenvalue weighted by Crippen LogP contribution is -2.35. The molecule has 5 rings (SSSR count). The minimum atomic E-state index is -0.195. The Labute approximate surface area is 194 Å². The topological polar surface area (TPSA) is 88.1 Å². The molecule has 33 heavy (non-hydrogen) atoms. The van der Waals surface area contributed by atoms with Crippen LogP contribution in [0.5, 0.6) is 0 Å². The summed E-state index contributed by atoms with van der Waals surface area (Å²) in [6.07, 6.45) is 9.31. The Hall–Kier alpha value is -2.97. The van der Waals surface area contributed by atoms with Crippen molar-refractivity contribution in [2.45, 2.75) is 50.2 Å². The summed E-state index contributed by atoms with van der Waals surface area (Å²) >= 11 is 0. The van der Waals surface area contributed by atoms with Crippen LogP contribution in [-0.2, 0) is 17.6 Å². The van der Waals surface area contributed by atoms with Crippen LogP contribution < -0.4 is 5.32 Å². The molecule has 2 aromatic heterocycles. The molecule has 0 radical (unpaired) electrons. The van der Waals surface area contributed by atoms with Crippen LogP contribution in [0.3, 0.4) is 0 Å². The van der Waals surface area contributed by atoms with Gasteiger partial charge in [-0.05, 0) is 58.3 Å². The summed E-state index contributed by atoms with van der Waals surface area (Å²) in [5, 5.41) is 15.0. The summed E-state index contributed by atoms with van der Waals surface area (Å²) in [4.78, 5) is 15.2. The summed E-state index contributed by atoms with van der Waals surface area (Å²) in [5.74, 6) is -0.195. The number of hydrogen-bond acceptors (Lipinski definition) is 5. The number of anilines is 1. The van der Waals surface area contributed by atoms with Gasteiger partial charge in [-0.25, -0.2) is 0 Å². The number of ether oxygens (including phenoxy) is 1. The van der Waals surface area contributed by atoms with Crippen LogP contribution in [0.25, 0.3) is 0 Å². The minimum Gasteiger partial charge on any atom is -0.375 e. The van der Waals surface area contributed by atoms with Gasteiger partial charge in [0.2, 0.25) is 0 Å². The van der Waals surface area contributed by atoms with Crippen LogP contribution >= 0.6 is 0 Å². The Morgan fingerprint density at radius 1 is 1.30 bits per heavy atom. The molecule has 8 heteroatoms. The van der Waals surface area contributed by atoms with E-state index < -0.39 is 0 Å². The number of carbonyl (C=O) groups is 1. The van der Waals surface area contributed by atoms with E-state index in [1.54, 1.807) is 6.20 Å². The molecule has 1 aliphatic heterocycles. The summed E-state index contributed by atoms with van der Waals surface area (Å²) in [5.41, 5.74) is 4.36. The molecule has 1 spiro atoms. The molecular formula is C25H32N6O2. The molecule has 3 heterocycles. The lowest BCUT2D eigenvalue weighted by molar-refractivity contribution is -0.00732. The highest BCUT2D eigenvalue weighted by molar-refractivity contribution is 6.03. The second kappa shape index (κ2) is 9.11. The van der Waals surface area contributed by atoms with Crippen LogP contribution in [0.15, 0.2) is 42.7 Å². The third-order valence-corrected chi connectivity index (χ3v) is 6.90. The van der Waals surface area contributed by atoms with E-state index in [-0.39, 0.29) is 17.6 Å². The number of carbonyl (C=O) groups excluding carboxylic acids is 1. The molecule has 2 atom stereocenters. The first-order valence-electron chi connectivity index (χ1n) is 11.8. The van der Waals surface area contributed by atoms with Gasteiger partial charge in [-0.2, -0.15) is 10.2 Å². The predicted octanol–water partition coefficient (Wildman–Crippen LogP) is 3.44. The molecule has 2 N–H and O–H groups in total. The zero-order valence-corrected chi connectivity index (χ0v) is 19.4. The second-order valence-electron chi connectivity index (χ2n) is 9.52. The zero-order valence-electron chi connectivity index (χ0n) is 19.4. The van der Waals surface area contributed by atoms with Gasteiger partial charge in [-0.15, -0.1) is 0 Å². The molecule has 0 bridgehead atoms. The van der Waals surface area contributed by atoms with Gasteiger partial charge < -0.3 is 15.0 Å². The van der Waals surface area contributed by atoms with E-state index in [1.165, 1.54) is 5.56 Å². The van der Waals surface area contributed by atoms with Crippen molar-refractivity contribution in [3.05, 3.63) is 65.2 Å². The Bertz CT molecular complexity index is 1100. The number of H-pyrrole nitrogens is 1. The standard InChI is InChI=1S/C25H32N6O2/c1-30(2)13-10-22(18-7-4-3-5-8-18)31-17-19(16-26-31)27-24(32)23-20-9-12-25(11-6-14-33-25)15-21(20)28-29-23/h3-5,7-8,16-17,22H,6,9-15H2,1-2H3,(H,27,32)(H,28,29). The summed E-state index contributed by atoms with van der Waals surface area (Å²) in [6.45, 7) is 1.77. The van der Waals surface area contributed by atoms with Crippen molar-refractivity contribution in [1.29, 1.82) is 0 Å². The smallest absolute Gasteiger partial charge is 0.276 e. The molecule has 2 unspecified atom stereocenters. The molecule has 8 nitrogen and oxygen atoms in total. The quantitative estimate of drug-likeness (QED) is 0.578. The number of rotatable bonds is 7. The average Bonchev–Trinajstić information content (AvgIpc) is 3.55. The maximum absolute atomic E-state index is 13.1. The molecule has 3 aromatic rings.